The average Bonchev–Trinajstić information content (AvgIpc) is 3.22. The van der Waals surface area contributed by atoms with Crippen LogP contribution in [0.4, 0.5) is 0 Å². The molecule has 2 aromatic heterocycles. The lowest BCUT2D eigenvalue weighted by atomic mass is 10.2. The fourth-order valence-electron chi connectivity index (χ4n) is 3.02. The monoisotopic (exact) mass is 430 g/mol. The summed E-state index contributed by atoms with van der Waals surface area (Å²) in [7, 11) is 1.31. The smallest absolute Gasteiger partial charge is 0.360 e. The number of aryl methyl sites for hydroxylation is 1. The maximum Gasteiger partial charge on any atom is 0.360 e. The Hall–Kier alpha value is -4.13. The van der Waals surface area contributed by atoms with Crippen molar-refractivity contribution in [1.82, 2.24) is 9.97 Å². The van der Waals surface area contributed by atoms with Crippen LogP contribution in [-0.4, -0.2) is 23.0 Å². The molecule has 0 bridgehead atoms. The summed E-state index contributed by atoms with van der Waals surface area (Å²) in [4.78, 5) is 20.4. The van der Waals surface area contributed by atoms with Gasteiger partial charge in [0.1, 0.15) is 30.4 Å². The van der Waals surface area contributed by atoms with Crippen LogP contribution >= 0.6 is 0 Å². The van der Waals surface area contributed by atoms with Gasteiger partial charge in [-0.2, -0.15) is 0 Å². The normalized spacial score (nSPS) is 10.6. The minimum absolute atomic E-state index is 0.146. The molecule has 0 unspecified atom stereocenters. The number of ether oxygens (including phenoxy) is 3. The number of carbonyl (C=O) groups excluding carboxylic acids is 1. The minimum Gasteiger partial charge on any atom is -0.487 e. The van der Waals surface area contributed by atoms with E-state index in [1.54, 1.807) is 12.1 Å². The summed E-state index contributed by atoms with van der Waals surface area (Å²) in [5.74, 6) is 1.84. The number of carbonyl (C=O) groups is 1. The quantitative estimate of drug-likeness (QED) is 0.364. The topological polar surface area (TPSA) is 83.7 Å². The largest absolute Gasteiger partial charge is 0.487 e. The molecule has 0 N–H and O–H groups in total. The first kappa shape index (κ1) is 21.1. The number of oxazole rings is 1. The minimum atomic E-state index is -0.539. The third kappa shape index (κ3) is 4.95. The van der Waals surface area contributed by atoms with Crippen molar-refractivity contribution in [2.45, 2.75) is 20.1 Å². The van der Waals surface area contributed by atoms with Gasteiger partial charge in [0.05, 0.1) is 7.11 Å². The molecule has 32 heavy (non-hydrogen) atoms. The Balaban J connectivity index is 1.35. The molecule has 0 aliphatic rings. The van der Waals surface area contributed by atoms with Crippen LogP contribution in [0.3, 0.4) is 0 Å². The van der Waals surface area contributed by atoms with Crippen LogP contribution in [0, 0.1) is 6.92 Å². The molecule has 0 saturated heterocycles. The average molecular weight is 430 g/mol. The Morgan fingerprint density at radius 3 is 2.47 bits per heavy atom. The molecule has 0 radical (unpaired) electrons. The second-order valence-corrected chi connectivity index (χ2v) is 6.95. The molecule has 0 aliphatic heterocycles. The van der Waals surface area contributed by atoms with E-state index < -0.39 is 5.97 Å². The fourth-order valence-corrected chi connectivity index (χ4v) is 3.02. The van der Waals surface area contributed by atoms with Crippen LogP contribution < -0.4 is 9.47 Å². The number of esters is 1. The first-order valence-electron chi connectivity index (χ1n) is 10.0. The van der Waals surface area contributed by atoms with E-state index >= 15 is 0 Å². The highest BCUT2D eigenvalue weighted by Crippen LogP contribution is 2.23. The van der Waals surface area contributed by atoms with Gasteiger partial charge in [-0.1, -0.05) is 30.3 Å². The van der Waals surface area contributed by atoms with Gasteiger partial charge >= 0.3 is 5.97 Å². The van der Waals surface area contributed by atoms with Gasteiger partial charge in [0, 0.05) is 11.8 Å². The van der Waals surface area contributed by atoms with Crippen molar-refractivity contribution in [3.05, 3.63) is 95.6 Å². The van der Waals surface area contributed by atoms with Crippen molar-refractivity contribution in [2.75, 3.05) is 7.11 Å². The predicted molar refractivity (Wildman–Crippen MR) is 117 cm³/mol. The maximum atomic E-state index is 11.8. The number of benzene rings is 2. The zero-order valence-corrected chi connectivity index (χ0v) is 17.8. The van der Waals surface area contributed by atoms with E-state index in [-0.39, 0.29) is 12.3 Å². The lowest BCUT2D eigenvalue weighted by Gasteiger charge is -2.10. The van der Waals surface area contributed by atoms with Crippen LogP contribution in [-0.2, 0) is 18.0 Å². The number of aromatic nitrogens is 2. The van der Waals surface area contributed by atoms with Gasteiger partial charge in [-0.3, -0.25) is 0 Å². The van der Waals surface area contributed by atoms with E-state index in [0.717, 1.165) is 22.6 Å². The molecule has 0 fully saturated rings. The number of hydrogen-bond donors (Lipinski definition) is 0. The number of rotatable bonds is 8. The summed E-state index contributed by atoms with van der Waals surface area (Å²) in [6.45, 7) is 2.45. The second-order valence-electron chi connectivity index (χ2n) is 6.95. The molecule has 0 aliphatic carbocycles. The molecule has 0 atom stereocenters. The van der Waals surface area contributed by atoms with Crippen molar-refractivity contribution in [2.24, 2.45) is 0 Å². The van der Waals surface area contributed by atoms with Crippen molar-refractivity contribution >= 4 is 5.97 Å². The second kappa shape index (κ2) is 9.78. The highest BCUT2D eigenvalue weighted by Gasteiger charge is 2.14. The standard InChI is InChI=1S/C25H22N2O5/c1-17-21(27-24(32-17)19-7-4-3-5-8-19)16-30-20-12-10-18(11-13-20)15-31-22-9-6-14-26-23(22)25(28)29-2/h3-14H,15-16H2,1-2H3. The highest BCUT2D eigenvalue weighted by atomic mass is 16.5. The Morgan fingerprint density at radius 1 is 0.938 bits per heavy atom. The molecule has 162 valence electrons. The van der Waals surface area contributed by atoms with Crippen LogP contribution in [0.1, 0.15) is 27.5 Å². The molecule has 7 heteroatoms. The van der Waals surface area contributed by atoms with E-state index in [0.29, 0.717) is 24.0 Å². The molecule has 2 heterocycles. The Kier molecular flexibility index (Phi) is 6.46. The molecule has 7 nitrogen and oxygen atoms in total. The Morgan fingerprint density at radius 2 is 1.72 bits per heavy atom. The van der Waals surface area contributed by atoms with Gasteiger partial charge in [-0.05, 0) is 48.9 Å². The van der Waals surface area contributed by atoms with E-state index in [9.17, 15) is 4.79 Å². The van der Waals surface area contributed by atoms with Crippen LogP contribution in [0.2, 0.25) is 0 Å². The van der Waals surface area contributed by atoms with E-state index in [1.807, 2.05) is 61.5 Å². The lowest BCUT2D eigenvalue weighted by Crippen LogP contribution is -2.08. The number of pyridine rings is 1. The van der Waals surface area contributed by atoms with Gasteiger partial charge in [0.2, 0.25) is 5.89 Å². The van der Waals surface area contributed by atoms with Gasteiger partial charge in [0.25, 0.3) is 0 Å². The molecular weight excluding hydrogens is 408 g/mol. The highest BCUT2D eigenvalue weighted by molar-refractivity contribution is 5.90. The summed E-state index contributed by atoms with van der Waals surface area (Å²) in [6.07, 6.45) is 1.52. The Bertz CT molecular complexity index is 1190. The number of methoxy groups -OCH3 is 1. The van der Waals surface area contributed by atoms with E-state index in [1.165, 1.54) is 13.3 Å². The molecule has 0 spiro atoms. The molecule has 4 aromatic rings. The van der Waals surface area contributed by atoms with Crippen molar-refractivity contribution < 1.29 is 23.4 Å². The van der Waals surface area contributed by atoms with Gasteiger partial charge < -0.3 is 18.6 Å². The van der Waals surface area contributed by atoms with Gasteiger partial charge in [0.15, 0.2) is 11.4 Å². The summed E-state index contributed by atoms with van der Waals surface area (Å²) < 4.78 is 22.1. The van der Waals surface area contributed by atoms with Crippen molar-refractivity contribution in [3.63, 3.8) is 0 Å². The first-order valence-corrected chi connectivity index (χ1v) is 10.0. The summed E-state index contributed by atoms with van der Waals surface area (Å²) in [5, 5.41) is 0. The SMILES string of the molecule is COC(=O)c1ncccc1OCc1ccc(OCc2nc(-c3ccccc3)oc2C)cc1. The van der Waals surface area contributed by atoms with Crippen LogP contribution in [0.25, 0.3) is 11.5 Å². The zero-order chi connectivity index (χ0) is 22.3. The Labute approximate surface area is 185 Å². The third-order valence-electron chi connectivity index (χ3n) is 4.76. The molecule has 4 rings (SSSR count). The molecule has 2 aromatic carbocycles. The fraction of sp³-hybridized carbons (Fsp3) is 0.160. The molecule has 0 amide bonds. The first-order chi connectivity index (χ1) is 15.6. The molecule has 0 saturated carbocycles. The zero-order valence-electron chi connectivity index (χ0n) is 17.8. The van der Waals surface area contributed by atoms with Gasteiger partial charge in [-0.15, -0.1) is 0 Å². The summed E-state index contributed by atoms with van der Waals surface area (Å²) in [6, 6.07) is 20.6. The third-order valence-corrected chi connectivity index (χ3v) is 4.76. The van der Waals surface area contributed by atoms with Crippen molar-refractivity contribution in [3.8, 4) is 23.0 Å². The van der Waals surface area contributed by atoms with Crippen LogP contribution in [0.15, 0.2) is 77.3 Å². The number of nitrogens with zero attached hydrogens (tertiary/aromatic N) is 2. The van der Waals surface area contributed by atoms with Gasteiger partial charge in [-0.25, -0.2) is 14.8 Å². The van der Waals surface area contributed by atoms with Crippen LogP contribution in [0.5, 0.6) is 11.5 Å². The predicted octanol–water partition coefficient (Wildman–Crippen LogP) is 4.99. The molecular formula is C25H22N2O5. The number of hydrogen-bond acceptors (Lipinski definition) is 7. The summed E-state index contributed by atoms with van der Waals surface area (Å²) >= 11 is 0. The van der Waals surface area contributed by atoms with Crippen molar-refractivity contribution in [1.29, 1.82) is 0 Å². The van der Waals surface area contributed by atoms with E-state index in [4.69, 9.17) is 18.6 Å². The maximum absolute atomic E-state index is 11.8. The lowest BCUT2D eigenvalue weighted by molar-refractivity contribution is 0.0588. The summed E-state index contributed by atoms with van der Waals surface area (Å²) in [5.41, 5.74) is 2.74. The van der Waals surface area contributed by atoms with E-state index in [2.05, 4.69) is 9.97 Å².